The Hall–Kier alpha value is -3.46. The van der Waals surface area contributed by atoms with Crippen molar-refractivity contribution in [2.24, 2.45) is 0 Å². The first-order chi connectivity index (χ1) is 15.8. The molecule has 0 saturated carbocycles. The van der Waals surface area contributed by atoms with Gasteiger partial charge in [-0.25, -0.2) is 4.98 Å². The number of carbonyl (C=O) groups is 3. The molecule has 2 aliphatic heterocycles. The lowest BCUT2D eigenvalue weighted by Crippen LogP contribution is -2.45. The van der Waals surface area contributed by atoms with E-state index >= 15 is 0 Å². The van der Waals surface area contributed by atoms with E-state index < -0.39 is 17.5 Å². The number of fused-ring (bicyclic) bond motifs is 2. The van der Waals surface area contributed by atoms with Crippen LogP contribution in [0, 0.1) is 13.8 Å². The zero-order chi connectivity index (χ0) is 23.3. The van der Waals surface area contributed by atoms with Gasteiger partial charge < -0.3 is 5.32 Å². The normalized spacial score (nSPS) is 19.9. The lowest BCUT2D eigenvalue weighted by molar-refractivity contribution is -0.135. The summed E-state index contributed by atoms with van der Waals surface area (Å²) >= 11 is 1.51. The largest absolute Gasteiger partial charge is 0.324 e. The highest BCUT2D eigenvalue weighted by molar-refractivity contribution is 8.01. The SMILES string of the molecule is Cc1ccc2c(c1)CC(C(=O)Nc1cccc3nc(C)n(C4CCC(=O)NC4=O)c(=O)c13)S2. The summed E-state index contributed by atoms with van der Waals surface area (Å²) in [5.74, 6) is -0.681. The van der Waals surface area contributed by atoms with Crippen molar-refractivity contribution in [3.8, 4) is 0 Å². The van der Waals surface area contributed by atoms with Crippen molar-refractivity contribution in [2.45, 2.75) is 49.3 Å². The zero-order valence-electron chi connectivity index (χ0n) is 18.2. The molecule has 3 heterocycles. The topological polar surface area (TPSA) is 110 Å². The third kappa shape index (κ3) is 3.82. The molecule has 1 fully saturated rings. The van der Waals surface area contributed by atoms with Gasteiger partial charge in [0.2, 0.25) is 17.7 Å². The Morgan fingerprint density at radius 3 is 2.79 bits per heavy atom. The molecule has 33 heavy (non-hydrogen) atoms. The average molecular weight is 463 g/mol. The predicted molar refractivity (Wildman–Crippen MR) is 125 cm³/mol. The van der Waals surface area contributed by atoms with Crippen molar-refractivity contribution >= 4 is 46.1 Å². The Bertz CT molecular complexity index is 1400. The van der Waals surface area contributed by atoms with Crippen LogP contribution in [0.3, 0.4) is 0 Å². The molecular weight excluding hydrogens is 440 g/mol. The smallest absolute Gasteiger partial charge is 0.264 e. The number of aryl methyl sites for hydroxylation is 2. The molecule has 2 unspecified atom stereocenters. The minimum Gasteiger partial charge on any atom is -0.324 e. The fourth-order valence-electron chi connectivity index (χ4n) is 4.49. The van der Waals surface area contributed by atoms with E-state index in [1.54, 1.807) is 25.1 Å². The van der Waals surface area contributed by atoms with Crippen LogP contribution in [-0.2, 0) is 20.8 Å². The van der Waals surface area contributed by atoms with E-state index in [0.29, 0.717) is 23.4 Å². The highest BCUT2D eigenvalue weighted by atomic mass is 32.2. The first-order valence-electron chi connectivity index (χ1n) is 10.7. The summed E-state index contributed by atoms with van der Waals surface area (Å²) in [6.45, 7) is 3.68. The van der Waals surface area contributed by atoms with Gasteiger partial charge in [-0.3, -0.25) is 29.1 Å². The number of amides is 3. The van der Waals surface area contributed by atoms with E-state index in [1.165, 1.54) is 16.3 Å². The number of nitrogens with zero attached hydrogens (tertiary/aromatic N) is 2. The van der Waals surface area contributed by atoms with Crippen LogP contribution in [0.2, 0.25) is 0 Å². The minimum atomic E-state index is -0.820. The quantitative estimate of drug-likeness (QED) is 0.579. The molecule has 1 saturated heterocycles. The van der Waals surface area contributed by atoms with Gasteiger partial charge in [-0.1, -0.05) is 23.8 Å². The minimum absolute atomic E-state index is 0.150. The lowest BCUT2D eigenvalue weighted by Gasteiger charge is -2.24. The molecule has 2 atom stereocenters. The molecule has 2 N–H and O–H groups in total. The summed E-state index contributed by atoms with van der Waals surface area (Å²) < 4.78 is 1.32. The monoisotopic (exact) mass is 462 g/mol. The molecule has 9 heteroatoms. The number of benzene rings is 2. The highest BCUT2D eigenvalue weighted by Crippen LogP contribution is 2.38. The second-order valence-corrected chi connectivity index (χ2v) is 9.66. The van der Waals surface area contributed by atoms with Gasteiger partial charge in [-0.05, 0) is 50.5 Å². The summed E-state index contributed by atoms with van der Waals surface area (Å²) in [6.07, 6.45) is 0.997. The first kappa shape index (κ1) is 21.4. The summed E-state index contributed by atoms with van der Waals surface area (Å²) in [5, 5.41) is 5.16. The molecule has 1 aromatic heterocycles. The van der Waals surface area contributed by atoms with Crippen molar-refractivity contribution in [3.63, 3.8) is 0 Å². The van der Waals surface area contributed by atoms with Crippen LogP contribution >= 0.6 is 11.8 Å². The Kier molecular flexibility index (Phi) is 5.28. The standard InChI is InChI=1S/C24H22N4O4S/c1-12-6-8-18-14(10-12)11-19(33-18)23(31)26-16-5-3-4-15-21(16)24(32)28(13(2)25-15)17-7-9-20(29)27-22(17)30/h3-6,8,10,17,19H,7,9,11H2,1-2H3,(H,26,31)(H,27,29,30). The Labute approximate surface area is 193 Å². The number of aromatic nitrogens is 2. The molecule has 2 aromatic carbocycles. The fraction of sp³-hybridized carbons (Fsp3) is 0.292. The van der Waals surface area contributed by atoms with Crippen molar-refractivity contribution in [3.05, 3.63) is 63.7 Å². The number of hydrogen-bond acceptors (Lipinski definition) is 6. The Morgan fingerprint density at radius 2 is 2.00 bits per heavy atom. The number of nitrogens with one attached hydrogen (secondary N) is 2. The fourth-order valence-corrected chi connectivity index (χ4v) is 5.67. The van der Waals surface area contributed by atoms with Gasteiger partial charge in [0.1, 0.15) is 11.9 Å². The lowest BCUT2D eigenvalue weighted by atomic mass is 10.0. The average Bonchev–Trinajstić information content (AvgIpc) is 3.18. The molecule has 0 aliphatic carbocycles. The molecule has 3 amide bonds. The molecule has 2 aliphatic rings. The molecule has 3 aromatic rings. The van der Waals surface area contributed by atoms with Crippen molar-refractivity contribution in [2.75, 3.05) is 5.32 Å². The van der Waals surface area contributed by atoms with E-state index in [-0.39, 0.29) is 35.3 Å². The van der Waals surface area contributed by atoms with Crippen molar-refractivity contribution in [1.82, 2.24) is 14.9 Å². The molecule has 0 radical (unpaired) electrons. The van der Waals surface area contributed by atoms with Gasteiger partial charge in [0.25, 0.3) is 5.56 Å². The van der Waals surface area contributed by atoms with Crippen LogP contribution < -0.4 is 16.2 Å². The Morgan fingerprint density at radius 1 is 1.18 bits per heavy atom. The third-order valence-electron chi connectivity index (χ3n) is 6.07. The molecule has 8 nitrogen and oxygen atoms in total. The van der Waals surface area contributed by atoms with E-state index in [9.17, 15) is 19.2 Å². The van der Waals surface area contributed by atoms with Gasteiger partial charge >= 0.3 is 0 Å². The van der Waals surface area contributed by atoms with Crippen LogP contribution in [0.25, 0.3) is 10.9 Å². The van der Waals surface area contributed by atoms with Crippen molar-refractivity contribution < 1.29 is 14.4 Å². The number of thioether (sulfide) groups is 1. The second kappa shape index (κ2) is 8.15. The van der Waals surface area contributed by atoms with Crippen molar-refractivity contribution in [1.29, 1.82) is 0 Å². The van der Waals surface area contributed by atoms with Crippen LogP contribution in [0.5, 0.6) is 0 Å². The van der Waals surface area contributed by atoms with E-state index in [0.717, 1.165) is 16.0 Å². The number of anilines is 1. The Balaban J connectivity index is 1.49. The summed E-state index contributed by atoms with van der Waals surface area (Å²) in [6, 6.07) is 10.5. The molecule has 168 valence electrons. The van der Waals surface area contributed by atoms with Gasteiger partial charge in [0.05, 0.1) is 21.8 Å². The number of imide groups is 1. The highest BCUT2D eigenvalue weighted by Gasteiger charge is 2.32. The molecule has 0 spiro atoms. The van der Waals surface area contributed by atoms with Crippen LogP contribution in [-0.4, -0.2) is 32.5 Å². The molecule has 0 bridgehead atoms. The summed E-state index contributed by atoms with van der Waals surface area (Å²) in [7, 11) is 0. The van der Waals surface area contributed by atoms with Crippen LogP contribution in [0.4, 0.5) is 5.69 Å². The number of hydrogen-bond donors (Lipinski definition) is 2. The summed E-state index contributed by atoms with van der Waals surface area (Å²) in [5.41, 5.74) is 2.69. The first-order valence-corrected chi connectivity index (χ1v) is 11.6. The van der Waals surface area contributed by atoms with E-state index in [2.05, 4.69) is 21.7 Å². The van der Waals surface area contributed by atoms with E-state index in [4.69, 9.17) is 0 Å². The van der Waals surface area contributed by atoms with Gasteiger partial charge in [-0.2, -0.15) is 0 Å². The van der Waals surface area contributed by atoms with E-state index in [1.807, 2.05) is 19.1 Å². The molecular formula is C24H22N4O4S. The van der Waals surface area contributed by atoms with Crippen LogP contribution in [0.1, 0.15) is 35.8 Å². The molecule has 5 rings (SSSR count). The predicted octanol–water partition coefficient (Wildman–Crippen LogP) is 2.65. The maximum atomic E-state index is 13.5. The number of carbonyl (C=O) groups excluding carboxylic acids is 3. The van der Waals surface area contributed by atoms with Gasteiger partial charge in [-0.15, -0.1) is 11.8 Å². The summed E-state index contributed by atoms with van der Waals surface area (Å²) in [4.78, 5) is 56.2. The van der Waals surface area contributed by atoms with Gasteiger partial charge in [0.15, 0.2) is 0 Å². The second-order valence-electron chi connectivity index (χ2n) is 8.41. The maximum absolute atomic E-state index is 13.5. The number of rotatable bonds is 3. The van der Waals surface area contributed by atoms with Gasteiger partial charge in [0, 0.05) is 11.3 Å². The van der Waals surface area contributed by atoms with Crippen LogP contribution in [0.15, 0.2) is 46.1 Å². The zero-order valence-corrected chi connectivity index (χ0v) is 19.0. The maximum Gasteiger partial charge on any atom is 0.264 e. The number of piperidine rings is 1. The third-order valence-corrected chi connectivity index (χ3v) is 7.39.